The topological polar surface area (TPSA) is 55.4 Å². The van der Waals surface area contributed by atoms with E-state index in [0.29, 0.717) is 15.7 Å². The minimum Gasteiger partial charge on any atom is -0.452 e. The van der Waals surface area contributed by atoms with Crippen molar-refractivity contribution in [1.29, 1.82) is 0 Å². The molecule has 0 saturated carbocycles. The molecule has 0 heterocycles. The summed E-state index contributed by atoms with van der Waals surface area (Å²) in [6, 6.07) is 20.4. The number of hydrogen-bond acceptors (Lipinski definition) is 3. The number of fused-ring (bicyclic) bond motifs is 1. The molecule has 0 aliphatic heterocycles. The number of halogens is 1. The van der Waals surface area contributed by atoms with Crippen LogP contribution in [0.4, 0.5) is 5.69 Å². The number of ether oxygens (including phenoxy) is 1. The highest BCUT2D eigenvalue weighted by molar-refractivity contribution is 9.10. The lowest BCUT2D eigenvalue weighted by Gasteiger charge is -2.08. The number of benzene rings is 3. The first-order valence-corrected chi connectivity index (χ1v) is 8.13. The minimum absolute atomic E-state index is 0.340. The van der Waals surface area contributed by atoms with Crippen LogP contribution in [-0.4, -0.2) is 18.5 Å². The summed E-state index contributed by atoms with van der Waals surface area (Å²) in [5.41, 5.74) is 1.05. The van der Waals surface area contributed by atoms with Gasteiger partial charge in [0.05, 0.1) is 5.56 Å². The predicted molar refractivity (Wildman–Crippen MR) is 97.0 cm³/mol. The molecule has 3 rings (SSSR count). The van der Waals surface area contributed by atoms with Gasteiger partial charge in [-0.3, -0.25) is 4.79 Å². The second-order valence-electron chi connectivity index (χ2n) is 5.17. The Kier molecular flexibility index (Phi) is 4.91. The Morgan fingerprint density at radius 2 is 1.62 bits per heavy atom. The van der Waals surface area contributed by atoms with Gasteiger partial charge >= 0.3 is 5.97 Å². The third-order valence-electron chi connectivity index (χ3n) is 3.46. The van der Waals surface area contributed by atoms with Crippen LogP contribution in [-0.2, 0) is 9.53 Å². The predicted octanol–water partition coefficient (Wildman–Crippen LogP) is 4.40. The first-order chi connectivity index (χ1) is 11.6. The van der Waals surface area contributed by atoms with Gasteiger partial charge in [-0.25, -0.2) is 4.79 Å². The van der Waals surface area contributed by atoms with Crippen LogP contribution < -0.4 is 5.32 Å². The van der Waals surface area contributed by atoms with E-state index in [0.717, 1.165) is 10.8 Å². The van der Waals surface area contributed by atoms with Gasteiger partial charge in [0.15, 0.2) is 6.61 Å². The average molecular weight is 384 g/mol. The molecule has 0 bridgehead atoms. The van der Waals surface area contributed by atoms with E-state index < -0.39 is 5.97 Å². The monoisotopic (exact) mass is 383 g/mol. The molecule has 0 aromatic heterocycles. The fourth-order valence-electron chi connectivity index (χ4n) is 2.30. The summed E-state index contributed by atoms with van der Waals surface area (Å²) in [5, 5.41) is 4.85. The molecule has 120 valence electrons. The van der Waals surface area contributed by atoms with Gasteiger partial charge < -0.3 is 10.1 Å². The Bertz CT molecular complexity index is 908. The van der Waals surface area contributed by atoms with E-state index in [1.807, 2.05) is 42.5 Å². The SMILES string of the molecule is O=C(COC(=O)c1ccccc1Br)Nc1ccc2ccccc2c1. The highest BCUT2D eigenvalue weighted by Gasteiger charge is 2.13. The van der Waals surface area contributed by atoms with E-state index >= 15 is 0 Å². The van der Waals surface area contributed by atoms with Crippen molar-refractivity contribution in [3.8, 4) is 0 Å². The maximum absolute atomic E-state index is 12.0. The largest absolute Gasteiger partial charge is 0.452 e. The van der Waals surface area contributed by atoms with E-state index in [9.17, 15) is 9.59 Å². The first kappa shape index (κ1) is 16.2. The highest BCUT2D eigenvalue weighted by atomic mass is 79.9. The van der Waals surface area contributed by atoms with Gasteiger partial charge in [-0.2, -0.15) is 0 Å². The second kappa shape index (κ2) is 7.27. The zero-order valence-corrected chi connectivity index (χ0v) is 14.2. The van der Waals surface area contributed by atoms with Gasteiger partial charge in [0.1, 0.15) is 0 Å². The summed E-state index contributed by atoms with van der Waals surface area (Å²) in [5.74, 6) is -0.929. The first-order valence-electron chi connectivity index (χ1n) is 7.34. The van der Waals surface area contributed by atoms with Crippen LogP contribution in [0.25, 0.3) is 10.8 Å². The van der Waals surface area contributed by atoms with E-state index in [-0.39, 0.29) is 12.5 Å². The average Bonchev–Trinajstić information content (AvgIpc) is 2.60. The smallest absolute Gasteiger partial charge is 0.339 e. The maximum atomic E-state index is 12.0. The molecule has 0 saturated heterocycles. The molecule has 0 fully saturated rings. The molecule has 1 amide bonds. The van der Waals surface area contributed by atoms with Crippen molar-refractivity contribution in [3.05, 3.63) is 76.8 Å². The standard InChI is InChI=1S/C19H14BrNO3/c20-17-8-4-3-7-16(17)19(23)24-12-18(22)21-15-10-9-13-5-1-2-6-14(13)11-15/h1-11H,12H2,(H,21,22). The lowest BCUT2D eigenvalue weighted by atomic mass is 10.1. The molecular formula is C19H14BrNO3. The summed E-state index contributed by atoms with van der Waals surface area (Å²) in [6.07, 6.45) is 0. The Balaban J connectivity index is 1.61. The fourth-order valence-corrected chi connectivity index (χ4v) is 2.75. The zero-order valence-electron chi connectivity index (χ0n) is 12.7. The number of amides is 1. The van der Waals surface area contributed by atoms with E-state index in [2.05, 4.69) is 21.2 Å². The zero-order chi connectivity index (χ0) is 16.9. The molecule has 0 spiro atoms. The number of nitrogens with one attached hydrogen (secondary N) is 1. The Morgan fingerprint density at radius 3 is 2.42 bits per heavy atom. The van der Waals surface area contributed by atoms with Crippen molar-refractivity contribution < 1.29 is 14.3 Å². The molecule has 3 aromatic carbocycles. The normalized spacial score (nSPS) is 10.4. The quantitative estimate of drug-likeness (QED) is 0.679. The number of carbonyl (C=O) groups is 2. The van der Waals surface area contributed by atoms with Crippen LogP contribution in [0.1, 0.15) is 10.4 Å². The summed E-state index contributed by atoms with van der Waals surface area (Å²) in [6.45, 7) is -0.340. The Hall–Kier alpha value is -2.66. The fraction of sp³-hybridized carbons (Fsp3) is 0.0526. The van der Waals surface area contributed by atoms with Crippen LogP contribution in [0.5, 0.6) is 0 Å². The van der Waals surface area contributed by atoms with Crippen molar-refractivity contribution in [2.45, 2.75) is 0 Å². The van der Waals surface area contributed by atoms with Crippen molar-refractivity contribution in [3.63, 3.8) is 0 Å². The molecule has 5 heteroatoms. The maximum Gasteiger partial charge on any atom is 0.339 e. The van der Waals surface area contributed by atoms with E-state index in [4.69, 9.17) is 4.74 Å². The third kappa shape index (κ3) is 3.81. The van der Waals surface area contributed by atoms with Gasteiger partial charge in [0.2, 0.25) is 0 Å². The molecule has 0 aliphatic carbocycles. The van der Waals surface area contributed by atoms with Crippen molar-refractivity contribution in [2.24, 2.45) is 0 Å². The van der Waals surface area contributed by atoms with Crippen LogP contribution in [0.2, 0.25) is 0 Å². The van der Waals surface area contributed by atoms with Crippen LogP contribution in [0, 0.1) is 0 Å². The number of anilines is 1. The summed E-state index contributed by atoms with van der Waals surface area (Å²) >= 11 is 3.28. The van der Waals surface area contributed by atoms with Crippen LogP contribution in [0.15, 0.2) is 71.2 Å². The lowest BCUT2D eigenvalue weighted by molar-refractivity contribution is -0.119. The van der Waals surface area contributed by atoms with Gasteiger partial charge in [-0.05, 0) is 51.0 Å². The molecule has 3 aromatic rings. The highest BCUT2D eigenvalue weighted by Crippen LogP contribution is 2.19. The van der Waals surface area contributed by atoms with Crippen molar-refractivity contribution in [2.75, 3.05) is 11.9 Å². The lowest BCUT2D eigenvalue weighted by Crippen LogP contribution is -2.21. The van der Waals surface area contributed by atoms with Gasteiger partial charge in [-0.15, -0.1) is 0 Å². The molecule has 24 heavy (non-hydrogen) atoms. The molecule has 1 N–H and O–H groups in total. The number of hydrogen-bond donors (Lipinski definition) is 1. The number of rotatable bonds is 4. The summed E-state index contributed by atoms with van der Waals surface area (Å²) in [7, 11) is 0. The van der Waals surface area contributed by atoms with Gasteiger partial charge in [0, 0.05) is 10.2 Å². The Morgan fingerprint density at radius 1 is 0.917 bits per heavy atom. The molecule has 0 aliphatic rings. The molecular weight excluding hydrogens is 370 g/mol. The second-order valence-corrected chi connectivity index (χ2v) is 6.02. The molecule has 0 radical (unpaired) electrons. The molecule has 0 atom stereocenters. The summed E-state index contributed by atoms with van der Waals surface area (Å²) in [4.78, 5) is 23.9. The Labute approximate surface area is 147 Å². The van der Waals surface area contributed by atoms with Crippen molar-refractivity contribution in [1.82, 2.24) is 0 Å². The number of carbonyl (C=O) groups excluding carboxylic acids is 2. The molecule has 0 unspecified atom stereocenters. The van der Waals surface area contributed by atoms with Crippen molar-refractivity contribution >= 4 is 44.3 Å². The van der Waals surface area contributed by atoms with Crippen LogP contribution >= 0.6 is 15.9 Å². The van der Waals surface area contributed by atoms with E-state index in [1.54, 1.807) is 24.3 Å². The van der Waals surface area contributed by atoms with Gasteiger partial charge in [0.25, 0.3) is 5.91 Å². The molecule has 4 nitrogen and oxygen atoms in total. The van der Waals surface area contributed by atoms with Gasteiger partial charge in [-0.1, -0.05) is 42.5 Å². The van der Waals surface area contributed by atoms with E-state index in [1.165, 1.54) is 0 Å². The minimum atomic E-state index is -0.545. The van der Waals surface area contributed by atoms with Crippen LogP contribution in [0.3, 0.4) is 0 Å². The number of esters is 1. The third-order valence-corrected chi connectivity index (χ3v) is 4.15. The summed E-state index contributed by atoms with van der Waals surface area (Å²) < 4.78 is 5.68.